The SMILES string of the molecule is N#CCc1c(CCl)cc(F)nc1C(F)F. The van der Waals surface area contributed by atoms with Gasteiger partial charge in [-0.2, -0.15) is 9.65 Å². The normalized spacial score (nSPS) is 10.4. The zero-order valence-corrected chi connectivity index (χ0v) is 8.23. The summed E-state index contributed by atoms with van der Waals surface area (Å²) in [5.41, 5.74) is -0.503. The molecule has 2 nitrogen and oxygen atoms in total. The van der Waals surface area contributed by atoms with E-state index in [2.05, 4.69) is 4.98 Å². The lowest BCUT2D eigenvalue weighted by molar-refractivity contribution is 0.143. The van der Waals surface area contributed by atoms with Gasteiger partial charge in [-0.15, -0.1) is 11.6 Å². The Kier molecular flexibility index (Phi) is 3.92. The monoisotopic (exact) mass is 234 g/mol. The molecule has 0 spiro atoms. The molecule has 0 saturated carbocycles. The van der Waals surface area contributed by atoms with Crippen molar-refractivity contribution in [3.8, 4) is 6.07 Å². The molecule has 0 fully saturated rings. The Hall–Kier alpha value is -1.28. The summed E-state index contributed by atoms with van der Waals surface area (Å²) in [6, 6.07) is 2.68. The molecule has 0 aliphatic carbocycles. The fourth-order valence-electron chi connectivity index (χ4n) is 1.19. The van der Waals surface area contributed by atoms with E-state index in [4.69, 9.17) is 16.9 Å². The molecule has 0 radical (unpaired) electrons. The Morgan fingerprint density at radius 2 is 2.20 bits per heavy atom. The average molecular weight is 235 g/mol. The summed E-state index contributed by atoms with van der Waals surface area (Å²) in [6.45, 7) is 0. The summed E-state index contributed by atoms with van der Waals surface area (Å²) in [7, 11) is 0. The molecular weight excluding hydrogens is 229 g/mol. The second-order valence-electron chi connectivity index (χ2n) is 2.74. The van der Waals surface area contributed by atoms with Crippen LogP contribution >= 0.6 is 11.6 Å². The van der Waals surface area contributed by atoms with E-state index < -0.39 is 18.1 Å². The summed E-state index contributed by atoms with van der Waals surface area (Å²) in [6.07, 6.45) is -3.17. The first-order valence-electron chi connectivity index (χ1n) is 3.99. The lowest BCUT2D eigenvalue weighted by Crippen LogP contribution is -2.04. The van der Waals surface area contributed by atoms with Crippen LogP contribution in [0.2, 0.25) is 0 Å². The van der Waals surface area contributed by atoms with Crippen LogP contribution in [0.4, 0.5) is 13.2 Å². The highest BCUT2D eigenvalue weighted by Gasteiger charge is 2.19. The number of alkyl halides is 3. The standard InChI is InChI=1S/C9H6ClF3N2/c10-4-5-3-7(11)15-8(9(12)13)6(5)1-2-14/h3,9H,1,4H2. The van der Waals surface area contributed by atoms with E-state index in [1.165, 1.54) is 0 Å². The largest absolute Gasteiger partial charge is 0.280 e. The summed E-state index contributed by atoms with van der Waals surface area (Å²) in [5.74, 6) is -1.14. The van der Waals surface area contributed by atoms with Gasteiger partial charge in [0, 0.05) is 5.88 Å². The molecular formula is C9H6ClF3N2. The van der Waals surface area contributed by atoms with Crippen molar-refractivity contribution in [2.45, 2.75) is 18.7 Å². The third-order valence-corrected chi connectivity index (χ3v) is 2.11. The minimum Gasteiger partial charge on any atom is -0.218 e. The predicted molar refractivity (Wildman–Crippen MR) is 48.0 cm³/mol. The van der Waals surface area contributed by atoms with Crippen LogP contribution in [0.25, 0.3) is 0 Å². The van der Waals surface area contributed by atoms with Gasteiger partial charge in [0.2, 0.25) is 5.95 Å². The molecule has 0 amide bonds. The van der Waals surface area contributed by atoms with E-state index in [-0.39, 0.29) is 23.4 Å². The highest BCUT2D eigenvalue weighted by atomic mass is 35.5. The molecule has 0 bridgehead atoms. The summed E-state index contributed by atoms with van der Waals surface area (Å²) < 4.78 is 37.7. The van der Waals surface area contributed by atoms with Crippen LogP contribution in [0.3, 0.4) is 0 Å². The van der Waals surface area contributed by atoms with Gasteiger partial charge in [0.15, 0.2) is 0 Å². The molecule has 15 heavy (non-hydrogen) atoms. The average Bonchev–Trinajstić information content (AvgIpc) is 2.19. The van der Waals surface area contributed by atoms with E-state index >= 15 is 0 Å². The van der Waals surface area contributed by atoms with Crippen molar-refractivity contribution in [1.82, 2.24) is 4.98 Å². The predicted octanol–water partition coefficient (Wildman–Crippen LogP) is 2.96. The van der Waals surface area contributed by atoms with Gasteiger partial charge in [-0.1, -0.05) is 0 Å². The molecule has 0 aliphatic heterocycles. The molecule has 0 N–H and O–H groups in total. The van der Waals surface area contributed by atoms with Gasteiger partial charge in [0.25, 0.3) is 6.43 Å². The lowest BCUT2D eigenvalue weighted by Gasteiger charge is -2.09. The van der Waals surface area contributed by atoms with Crippen molar-refractivity contribution in [2.24, 2.45) is 0 Å². The van der Waals surface area contributed by atoms with Gasteiger partial charge in [0.1, 0.15) is 5.69 Å². The van der Waals surface area contributed by atoms with Crippen molar-refractivity contribution in [3.63, 3.8) is 0 Å². The Morgan fingerprint density at radius 3 is 2.67 bits per heavy atom. The minimum atomic E-state index is -2.91. The molecule has 1 rings (SSSR count). The van der Waals surface area contributed by atoms with Crippen molar-refractivity contribution in [3.05, 3.63) is 28.8 Å². The van der Waals surface area contributed by atoms with Crippen LogP contribution in [0.1, 0.15) is 23.2 Å². The maximum absolute atomic E-state index is 12.8. The molecule has 1 heterocycles. The molecule has 0 aliphatic rings. The quantitative estimate of drug-likeness (QED) is 0.596. The molecule has 0 aromatic carbocycles. The van der Waals surface area contributed by atoms with Crippen LogP contribution in [0, 0.1) is 17.3 Å². The fraction of sp³-hybridized carbons (Fsp3) is 0.333. The van der Waals surface area contributed by atoms with Gasteiger partial charge in [-0.25, -0.2) is 13.8 Å². The topological polar surface area (TPSA) is 36.7 Å². The molecule has 6 heteroatoms. The number of rotatable bonds is 3. The van der Waals surface area contributed by atoms with E-state index in [0.29, 0.717) is 0 Å². The van der Waals surface area contributed by atoms with Gasteiger partial charge in [0.05, 0.1) is 12.5 Å². The number of nitrogens with zero attached hydrogens (tertiary/aromatic N) is 2. The van der Waals surface area contributed by atoms with Crippen molar-refractivity contribution < 1.29 is 13.2 Å². The zero-order chi connectivity index (χ0) is 11.4. The number of hydrogen-bond acceptors (Lipinski definition) is 2. The lowest BCUT2D eigenvalue weighted by atomic mass is 10.1. The number of halogens is 4. The van der Waals surface area contributed by atoms with E-state index in [0.717, 1.165) is 6.07 Å². The fourth-order valence-corrected chi connectivity index (χ4v) is 1.43. The summed E-state index contributed by atoms with van der Waals surface area (Å²) >= 11 is 5.47. The first kappa shape index (κ1) is 11.8. The maximum atomic E-state index is 12.8. The van der Waals surface area contributed by atoms with Crippen molar-refractivity contribution in [1.29, 1.82) is 5.26 Å². The molecule has 0 unspecified atom stereocenters. The molecule has 80 valence electrons. The Morgan fingerprint density at radius 1 is 1.53 bits per heavy atom. The third kappa shape index (κ3) is 2.60. The van der Waals surface area contributed by atoms with Crippen LogP contribution in [-0.4, -0.2) is 4.98 Å². The molecule has 1 aromatic heterocycles. The van der Waals surface area contributed by atoms with Crippen molar-refractivity contribution >= 4 is 11.6 Å². The number of hydrogen-bond donors (Lipinski definition) is 0. The summed E-state index contributed by atoms with van der Waals surface area (Å²) in [5, 5.41) is 8.46. The number of nitriles is 1. The van der Waals surface area contributed by atoms with Crippen LogP contribution in [0.15, 0.2) is 6.07 Å². The Labute approximate surface area is 89.3 Å². The third-order valence-electron chi connectivity index (χ3n) is 1.82. The van der Waals surface area contributed by atoms with Crippen LogP contribution in [-0.2, 0) is 12.3 Å². The minimum absolute atomic E-state index is 0.0175. The van der Waals surface area contributed by atoms with Crippen LogP contribution < -0.4 is 0 Å². The van der Waals surface area contributed by atoms with Gasteiger partial charge in [-0.05, 0) is 17.2 Å². The second-order valence-corrected chi connectivity index (χ2v) is 3.00. The van der Waals surface area contributed by atoms with Crippen molar-refractivity contribution in [2.75, 3.05) is 0 Å². The zero-order valence-electron chi connectivity index (χ0n) is 7.48. The Bertz CT molecular complexity index is 401. The Balaban J connectivity index is 3.34. The van der Waals surface area contributed by atoms with Gasteiger partial charge in [-0.3, -0.25) is 0 Å². The first-order chi connectivity index (χ1) is 7.10. The number of pyridine rings is 1. The highest BCUT2D eigenvalue weighted by molar-refractivity contribution is 6.17. The molecule has 0 saturated heterocycles. The van der Waals surface area contributed by atoms with E-state index in [1.54, 1.807) is 6.07 Å². The van der Waals surface area contributed by atoms with Crippen LogP contribution in [0.5, 0.6) is 0 Å². The van der Waals surface area contributed by atoms with E-state index in [1.807, 2.05) is 0 Å². The number of aromatic nitrogens is 1. The second kappa shape index (κ2) is 4.99. The van der Waals surface area contributed by atoms with Gasteiger partial charge < -0.3 is 0 Å². The van der Waals surface area contributed by atoms with Gasteiger partial charge >= 0.3 is 0 Å². The highest BCUT2D eigenvalue weighted by Crippen LogP contribution is 2.25. The summed E-state index contributed by atoms with van der Waals surface area (Å²) in [4.78, 5) is 3.07. The van der Waals surface area contributed by atoms with E-state index in [9.17, 15) is 13.2 Å². The smallest absolute Gasteiger partial charge is 0.218 e. The molecule has 1 aromatic rings. The molecule has 0 atom stereocenters. The maximum Gasteiger partial charge on any atom is 0.280 e. The first-order valence-corrected chi connectivity index (χ1v) is 4.52.